The molecule has 3 nitrogen and oxygen atoms in total. The number of likely N-dealkylation sites (N-methyl/N-ethyl adjacent to an activating group) is 1. The summed E-state index contributed by atoms with van der Waals surface area (Å²) in [4.78, 5) is 6.57. The van der Waals surface area contributed by atoms with Crippen molar-refractivity contribution < 1.29 is 0 Å². The lowest BCUT2D eigenvalue weighted by Gasteiger charge is -2.28. The van der Waals surface area contributed by atoms with Gasteiger partial charge in [0.15, 0.2) is 0 Å². The second-order valence-electron chi connectivity index (χ2n) is 4.22. The van der Waals surface area contributed by atoms with E-state index in [4.69, 9.17) is 0 Å². The molecule has 1 saturated heterocycles. The maximum atomic E-state index is 4.34. The maximum absolute atomic E-state index is 4.34. The van der Waals surface area contributed by atoms with Crippen LogP contribution in [0.5, 0.6) is 0 Å². The zero-order valence-electron chi connectivity index (χ0n) is 9.72. The van der Waals surface area contributed by atoms with Crippen LogP contribution in [0.1, 0.15) is 19.3 Å². The van der Waals surface area contributed by atoms with Gasteiger partial charge in [-0.3, -0.25) is 0 Å². The van der Waals surface area contributed by atoms with Gasteiger partial charge in [0.1, 0.15) is 5.82 Å². The van der Waals surface area contributed by atoms with E-state index in [1.54, 1.807) is 0 Å². The lowest BCUT2D eigenvalue weighted by molar-refractivity contribution is 0.403. The largest absolute Gasteiger partial charge is 0.358 e. The smallest absolute Gasteiger partial charge is 0.128 e. The average molecular weight is 242 g/mol. The van der Waals surface area contributed by atoms with Gasteiger partial charge in [-0.05, 0) is 31.5 Å². The van der Waals surface area contributed by atoms with Crippen LogP contribution in [0, 0.1) is 0 Å². The molecule has 1 atom stereocenters. The highest BCUT2D eigenvalue weighted by atomic mass is 35.5. The van der Waals surface area contributed by atoms with Gasteiger partial charge >= 0.3 is 0 Å². The summed E-state index contributed by atoms with van der Waals surface area (Å²) in [5.74, 6) is 1.06. The Bertz CT molecular complexity index is 286. The van der Waals surface area contributed by atoms with Crippen LogP contribution >= 0.6 is 12.4 Å². The number of hydrogen-bond acceptors (Lipinski definition) is 3. The number of piperidine rings is 1. The predicted octanol–water partition coefficient (Wildman–Crippen LogP) is 2.08. The molecule has 1 aliphatic heterocycles. The Morgan fingerprint density at radius 2 is 2.31 bits per heavy atom. The number of nitrogens with one attached hydrogen (secondary N) is 1. The quantitative estimate of drug-likeness (QED) is 0.879. The number of aromatic nitrogens is 1. The summed E-state index contributed by atoms with van der Waals surface area (Å²) in [6, 6.07) is 6.68. The molecule has 0 aliphatic carbocycles. The van der Waals surface area contributed by atoms with Gasteiger partial charge in [0.05, 0.1) is 0 Å². The Morgan fingerprint density at radius 3 is 2.94 bits per heavy atom. The summed E-state index contributed by atoms with van der Waals surface area (Å²) in [5, 5.41) is 3.55. The van der Waals surface area contributed by atoms with E-state index in [1.807, 2.05) is 18.3 Å². The van der Waals surface area contributed by atoms with Crippen LogP contribution in [0.25, 0.3) is 0 Å². The number of hydrogen-bond donors (Lipinski definition) is 1. The Labute approximate surface area is 104 Å². The van der Waals surface area contributed by atoms with Crippen LogP contribution in [0.15, 0.2) is 24.4 Å². The van der Waals surface area contributed by atoms with Crippen molar-refractivity contribution in [2.75, 3.05) is 25.0 Å². The Balaban J connectivity index is 0.00000128. The fraction of sp³-hybridized carbons (Fsp3) is 0.583. The molecule has 90 valence electrons. The maximum Gasteiger partial charge on any atom is 0.128 e. The lowest BCUT2D eigenvalue weighted by Crippen LogP contribution is -2.42. The van der Waals surface area contributed by atoms with Crippen molar-refractivity contribution in [1.29, 1.82) is 0 Å². The molecule has 0 amide bonds. The lowest BCUT2D eigenvalue weighted by atomic mass is 10.0. The third kappa shape index (κ3) is 3.65. The first-order chi connectivity index (χ1) is 7.36. The highest BCUT2D eigenvalue weighted by molar-refractivity contribution is 5.85. The molecule has 1 aromatic heterocycles. The van der Waals surface area contributed by atoms with E-state index in [0.717, 1.165) is 12.4 Å². The van der Waals surface area contributed by atoms with E-state index in [2.05, 4.69) is 28.3 Å². The molecule has 1 unspecified atom stereocenters. The summed E-state index contributed by atoms with van der Waals surface area (Å²) in [7, 11) is 2.11. The normalized spacial score (nSPS) is 19.9. The molecule has 1 N–H and O–H groups in total. The summed E-state index contributed by atoms with van der Waals surface area (Å²) in [5.41, 5.74) is 0. The molecular weight excluding hydrogens is 222 g/mol. The molecular formula is C12H20ClN3. The average Bonchev–Trinajstić information content (AvgIpc) is 2.31. The summed E-state index contributed by atoms with van der Waals surface area (Å²) in [6.07, 6.45) is 5.81. The third-order valence-electron chi connectivity index (χ3n) is 2.95. The van der Waals surface area contributed by atoms with Crippen molar-refractivity contribution >= 4 is 18.2 Å². The molecule has 0 saturated carbocycles. The standard InChI is InChI=1S/C12H19N3.ClH/c1-15(12-7-3-5-9-14-12)10-11-6-2-4-8-13-11;/h3,5,7,9,11,13H,2,4,6,8,10H2,1H3;1H. The molecule has 0 bridgehead atoms. The second kappa shape index (κ2) is 6.71. The Hall–Kier alpha value is -0.800. The first-order valence-electron chi connectivity index (χ1n) is 5.72. The van der Waals surface area contributed by atoms with Crippen LogP contribution < -0.4 is 10.2 Å². The summed E-state index contributed by atoms with van der Waals surface area (Å²) in [6.45, 7) is 2.22. The number of rotatable bonds is 3. The van der Waals surface area contributed by atoms with Crippen LogP contribution in [-0.4, -0.2) is 31.2 Å². The second-order valence-corrected chi connectivity index (χ2v) is 4.22. The third-order valence-corrected chi connectivity index (χ3v) is 2.95. The van der Waals surface area contributed by atoms with E-state index in [1.165, 1.54) is 25.8 Å². The molecule has 2 rings (SSSR count). The van der Waals surface area contributed by atoms with E-state index in [0.29, 0.717) is 6.04 Å². The zero-order valence-corrected chi connectivity index (χ0v) is 10.5. The van der Waals surface area contributed by atoms with Crippen molar-refractivity contribution in [2.45, 2.75) is 25.3 Å². The van der Waals surface area contributed by atoms with Gasteiger partial charge in [-0.1, -0.05) is 12.5 Å². The molecule has 2 heterocycles. The Morgan fingerprint density at radius 1 is 1.44 bits per heavy atom. The molecule has 1 aromatic rings. The molecule has 16 heavy (non-hydrogen) atoms. The molecule has 4 heteroatoms. The minimum atomic E-state index is 0. The van der Waals surface area contributed by atoms with E-state index in [9.17, 15) is 0 Å². The topological polar surface area (TPSA) is 28.2 Å². The van der Waals surface area contributed by atoms with Gasteiger partial charge < -0.3 is 10.2 Å². The van der Waals surface area contributed by atoms with Crippen LogP contribution in [0.4, 0.5) is 5.82 Å². The van der Waals surface area contributed by atoms with Gasteiger partial charge in [-0.2, -0.15) is 0 Å². The van der Waals surface area contributed by atoms with Gasteiger partial charge in [-0.25, -0.2) is 4.98 Å². The highest BCUT2D eigenvalue weighted by Gasteiger charge is 2.14. The summed E-state index contributed by atoms with van der Waals surface area (Å²) < 4.78 is 0. The Kier molecular flexibility index (Phi) is 5.56. The fourth-order valence-corrected chi connectivity index (χ4v) is 2.08. The minimum Gasteiger partial charge on any atom is -0.358 e. The molecule has 0 aromatic carbocycles. The van der Waals surface area contributed by atoms with E-state index >= 15 is 0 Å². The molecule has 1 fully saturated rings. The van der Waals surface area contributed by atoms with Crippen LogP contribution in [0.2, 0.25) is 0 Å². The van der Waals surface area contributed by atoms with Crippen molar-refractivity contribution in [3.05, 3.63) is 24.4 Å². The van der Waals surface area contributed by atoms with Crippen LogP contribution in [-0.2, 0) is 0 Å². The molecule has 0 radical (unpaired) electrons. The van der Waals surface area contributed by atoms with Gasteiger partial charge in [-0.15, -0.1) is 12.4 Å². The number of pyridine rings is 1. The van der Waals surface area contributed by atoms with Crippen molar-refractivity contribution in [1.82, 2.24) is 10.3 Å². The van der Waals surface area contributed by atoms with Crippen molar-refractivity contribution in [3.8, 4) is 0 Å². The summed E-state index contributed by atoms with van der Waals surface area (Å²) >= 11 is 0. The van der Waals surface area contributed by atoms with Gasteiger partial charge in [0, 0.05) is 25.8 Å². The highest BCUT2D eigenvalue weighted by Crippen LogP contribution is 2.12. The SMILES string of the molecule is CN(CC1CCCCN1)c1ccccn1.Cl. The van der Waals surface area contributed by atoms with Crippen LogP contribution in [0.3, 0.4) is 0 Å². The van der Waals surface area contributed by atoms with E-state index in [-0.39, 0.29) is 12.4 Å². The van der Waals surface area contributed by atoms with Gasteiger partial charge in [0.2, 0.25) is 0 Å². The van der Waals surface area contributed by atoms with Crippen molar-refractivity contribution in [2.24, 2.45) is 0 Å². The number of halogens is 1. The predicted molar refractivity (Wildman–Crippen MR) is 70.4 cm³/mol. The van der Waals surface area contributed by atoms with Crippen molar-refractivity contribution in [3.63, 3.8) is 0 Å². The first kappa shape index (κ1) is 13.3. The first-order valence-corrected chi connectivity index (χ1v) is 5.72. The van der Waals surface area contributed by atoms with Gasteiger partial charge in [0.25, 0.3) is 0 Å². The minimum absolute atomic E-state index is 0. The molecule has 1 aliphatic rings. The monoisotopic (exact) mass is 241 g/mol. The van der Waals surface area contributed by atoms with E-state index < -0.39 is 0 Å². The fourth-order valence-electron chi connectivity index (χ4n) is 2.08. The molecule has 0 spiro atoms. The number of anilines is 1. The zero-order chi connectivity index (χ0) is 10.5. The number of nitrogens with zero attached hydrogens (tertiary/aromatic N) is 2.